The summed E-state index contributed by atoms with van der Waals surface area (Å²) in [5, 5.41) is 2.14. The second-order valence-electron chi connectivity index (χ2n) is 4.92. The van der Waals surface area contributed by atoms with E-state index in [0.29, 0.717) is 0 Å². The van der Waals surface area contributed by atoms with Crippen LogP contribution in [0.5, 0.6) is 0 Å². The molecule has 0 amide bonds. The van der Waals surface area contributed by atoms with Gasteiger partial charge < -0.3 is 5.73 Å². The van der Waals surface area contributed by atoms with E-state index in [4.69, 9.17) is 5.73 Å². The van der Waals surface area contributed by atoms with Gasteiger partial charge in [0.25, 0.3) is 0 Å². The average molecular weight is 266 g/mol. The fourth-order valence-electron chi connectivity index (χ4n) is 2.56. The Morgan fingerprint density at radius 1 is 1.10 bits per heavy atom. The number of halogens is 1. The van der Waals surface area contributed by atoms with E-state index in [2.05, 4.69) is 4.98 Å². The number of hydrogen-bond donors (Lipinski definition) is 1. The van der Waals surface area contributed by atoms with Crippen molar-refractivity contribution in [2.45, 2.75) is 13.0 Å². The number of nitrogens with zero attached hydrogens (tertiary/aromatic N) is 1. The number of nitrogens with two attached hydrogens (primary N) is 1. The highest BCUT2D eigenvalue weighted by Crippen LogP contribution is 2.28. The first kappa shape index (κ1) is 12.8. The summed E-state index contributed by atoms with van der Waals surface area (Å²) >= 11 is 0. The molecule has 0 aliphatic rings. The quantitative estimate of drug-likeness (QED) is 0.767. The number of benzene rings is 2. The molecule has 20 heavy (non-hydrogen) atoms. The molecule has 0 saturated heterocycles. The van der Waals surface area contributed by atoms with E-state index in [9.17, 15) is 4.39 Å². The van der Waals surface area contributed by atoms with Crippen molar-refractivity contribution < 1.29 is 4.39 Å². The molecule has 3 rings (SSSR count). The zero-order valence-corrected chi connectivity index (χ0v) is 11.2. The van der Waals surface area contributed by atoms with Crippen LogP contribution in [0.4, 0.5) is 4.39 Å². The Morgan fingerprint density at radius 2 is 1.95 bits per heavy atom. The number of aryl methyl sites for hydroxylation is 1. The van der Waals surface area contributed by atoms with Crippen LogP contribution < -0.4 is 5.73 Å². The third-order valence-electron chi connectivity index (χ3n) is 3.62. The molecule has 100 valence electrons. The van der Waals surface area contributed by atoms with Crippen molar-refractivity contribution >= 4 is 10.8 Å². The van der Waals surface area contributed by atoms with Crippen LogP contribution in [0.3, 0.4) is 0 Å². The summed E-state index contributed by atoms with van der Waals surface area (Å²) in [5.74, 6) is -0.238. The molecule has 0 fully saturated rings. The van der Waals surface area contributed by atoms with E-state index in [-0.39, 0.29) is 11.9 Å². The lowest BCUT2D eigenvalue weighted by Gasteiger charge is -2.17. The molecule has 0 radical (unpaired) electrons. The summed E-state index contributed by atoms with van der Waals surface area (Å²) in [5.41, 5.74) is 9.18. The van der Waals surface area contributed by atoms with E-state index in [1.807, 2.05) is 37.4 Å². The average Bonchev–Trinajstić information content (AvgIpc) is 2.46. The molecule has 1 atom stereocenters. The summed E-state index contributed by atoms with van der Waals surface area (Å²) < 4.78 is 13.2. The summed E-state index contributed by atoms with van der Waals surface area (Å²) in [6.45, 7) is 1.88. The minimum atomic E-state index is -0.288. The largest absolute Gasteiger partial charge is 0.320 e. The van der Waals surface area contributed by atoms with Crippen LogP contribution in [0.1, 0.15) is 22.7 Å². The molecule has 1 heterocycles. The van der Waals surface area contributed by atoms with Crippen molar-refractivity contribution in [1.82, 2.24) is 4.98 Å². The fraction of sp³-hybridized carbons (Fsp3) is 0.118. The van der Waals surface area contributed by atoms with Crippen LogP contribution in [-0.4, -0.2) is 4.98 Å². The highest BCUT2D eigenvalue weighted by Gasteiger charge is 2.14. The predicted octanol–water partition coefficient (Wildman–Crippen LogP) is 3.73. The second-order valence-corrected chi connectivity index (χ2v) is 4.92. The van der Waals surface area contributed by atoms with Crippen LogP contribution in [0.2, 0.25) is 0 Å². The molecule has 2 nitrogen and oxygen atoms in total. The maximum absolute atomic E-state index is 13.2. The van der Waals surface area contributed by atoms with Gasteiger partial charge in [0, 0.05) is 17.8 Å². The first-order chi connectivity index (χ1) is 9.66. The standard InChI is InChI=1S/C17H15FN2/c1-11-9-13(18)5-6-14(11)17(19)15-4-2-3-12-7-8-20-10-16(12)15/h2-10,17H,19H2,1H3. The third kappa shape index (κ3) is 2.17. The molecule has 1 unspecified atom stereocenters. The maximum atomic E-state index is 13.2. The molecule has 0 spiro atoms. The number of hydrogen-bond acceptors (Lipinski definition) is 2. The first-order valence-corrected chi connectivity index (χ1v) is 6.51. The summed E-state index contributed by atoms with van der Waals surface area (Å²) in [6.07, 6.45) is 3.59. The van der Waals surface area contributed by atoms with E-state index >= 15 is 0 Å². The Labute approximate surface area is 117 Å². The van der Waals surface area contributed by atoms with E-state index in [0.717, 1.165) is 27.5 Å². The number of fused-ring (bicyclic) bond motifs is 1. The second kappa shape index (κ2) is 5.02. The Hall–Kier alpha value is -2.26. The summed E-state index contributed by atoms with van der Waals surface area (Å²) in [4.78, 5) is 4.17. The van der Waals surface area contributed by atoms with E-state index in [1.165, 1.54) is 12.1 Å². The van der Waals surface area contributed by atoms with Crippen molar-refractivity contribution in [1.29, 1.82) is 0 Å². The number of pyridine rings is 1. The molecule has 0 saturated carbocycles. The van der Waals surface area contributed by atoms with E-state index in [1.54, 1.807) is 12.3 Å². The van der Waals surface area contributed by atoms with Gasteiger partial charge in [-0.2, -0.15) is 0 Å². The zero-order chi connectivity index (χ0) is 14.1. The van der Waals surface area contributed by atoms with Crippen molar-refractivity contribution in [3.8, 4) is 0 Å². The van der Waals surface area contributed by atoms with Gasteiger partial charge >= 0.3 is 0 Å². The molecule has 3 heteroatoms. The molecular weight excluding hydrogens is 251 g/mol. The van der Waals surface area contributed by atoms with Crippen LogP contribution in [0.15, 0.2) is 54.9 Å². The lowest BCUT2D eigenvalue weighted by Crippen LogP contribution is -2.14. The summed E-state index contributed by atoms with van der Waals surface area (Å²) in [7, 11) is 0. The normalized spacial score (nSPS) is 12.6. The van der Waals surface area contributed by atoms with Crippen molar-refractivity contribution in [2.75, 3.05) is 0 Å². The molecule has 0 aliphatic carbocycles. The van der Waals surface area contributed by atoms with Crippen molar-refractivity contribution in [3.05, 3.63) is 77.4 Å². The van der Waals surface area contributed by atoms with Gasteiger partial charge in [-0.15, -0.1) is 0 Å². The van der Waals surface area contributed by atoms with Crippen LogP contribution in [-0.2, 0) is 0 Å². The Bertz CT molecular complexity index is 763. The van der Waals surface area contributed by atoms with Crippen molar-refractivity contribution in [2.24, 2.45) is 5.73 Å². The molecule has 2 N–H and O–H groups in total. The van der Waals surface area contributed by atoms with Gasteiger partial charge in [0.15, 0.2) is 0 Å². The molecular formula is C17H15FN2. The number of rotatable bonds is 2. The fourth-order valence-corrected chi connectivity index (χ4v) is 2.56. The van der Waals surface area contributed by atoms with Gasteiger partial charge in [0.1, 0.15) is 5.82 Å². The summed E-state index contributed by atoms with van der Waals surface area (Å²) in [6, 6.07) is 12.4. The first-order valence-electron chi connectivity index (χ1n) is 6.51. The van der Waals surface area contributed by atoms with Gasteiger partial charge in [0.05, 0.1) is 6.04 Å². The molecule has 3 aromatic rings. The topological polar surface area (TPSA) is 38.9 Å². The van der Waals surface area contributed by atoms with Gasteiger partial charge in [-0.1, -0.05) is 24.3 Å². The van der Waals surface area contributed by atoms with Crippen LogP contribution in [0.25, 0.3) is 10.8 Å². The predicted molar refractivity (Wildman–Crippen MR) is 78.9 cm³/mol. The van der Waals surface area contributed by atoms with Gasteiger partial charge in [-0.05, 0) is 47.2 Å². The van der Waals surface area contributed by atoms with Crippen molar-refractivity contribution in [3.63, 3.8) is 0 Å². The van der Waals surface area contributed by atoms with Gasteiger partial charge in [-0.25, -0.2) is 4.39 Å². The Balaban J connectivity index is 2.15. The maximum Gasteiger partial charge on any atom is 0.123 e. The monoisotopic (exact) mass is 266 g/mol. The third-order valence-corrected chi connectivity index (χ3v) is 3.62. The van der Waals surface area contributed by atoms with E-state index < -0.39 is 0 Å². The van der Waals surface area contributed by atoms with Gasteiger partial charge in [0.2, 0.25) is 0 Å². The smallest absolute Gasteiger partial charge is 0.123 e. The SMILES string of the molecule is Cc1cc(F)ccc1C(N)c1cccc2ccncc12. The Morgan fingerprint density at radius 3 is 2.75 bits per heavy atom. The molecule has 0 aliphatic heterocycles. The molecule has 0 bridgehead atoms. The highest BCUT2D eigenvalue weighted by atomic mass is 19.1. The highest BCUT2D eigenvalue weighted by molar-refractivity contribution is 5.85. The number of aromatic nitrogens is 1. The Kier molecular flexibility index (Phi) is 3.20. The minimum absolute atomic E-state index is 0.238. The lowest BCUT2D eigenvalue weighted by atomic mass is 9.93. The van der Waals surface area contributed by atoms with Crippen LogP contribution >= 0.6 is 0 Å². The zero-order valence-electron chi connectivity index (χ0n) is 11.2. The van der Waals surface area contributed by atoms with Gasteiger partial charge in [-0.3, -0.25) is 4.98 Å². The minimum Gasteiger partial charge on any atom is -0.320 e. The lowest BCUT2D eigenvalue weighted by molar-refractivity contribution is 0.625. The molecule has 1 aromatic heterocycles. The molecule has 2 aromatic carbocycles. The van der Waals surface area contributed by atoms with Crippen LogP contribution in [0, 0.1) is 12.7 Å².